The molecule has 0 bridgehead atoms. The van der Waals surface area contributed by atoms with Crippen molar-refractivity contribution < 1.29 is 4.74 Å². The Morgan fingerprint density at radius 1 is 1.53 bits per heavy atom. The van der Waals surface area contributed by atoms with E-state index in [4.69, 9.17) is 4.74 Å². The molecule has 0 fully saturated rings. The number of hydrogen-bond donors (Lipinski definition) is 1. The summed E-state index contributed by atoms with van der Waals surface area (Å²) in [5, 5.41) is 3.38. The van der Waals surface area contributed by atoms with Crippen LogP contribution in [0.5, 0.6) is 0 Å². The van der Waals surface area contributed by atoms with Crippen LogP contribution in [0.25, 0.3) is 0 Å². The van der Waals surface area contributed by atoms with Crippen LogP contribution in [0.3, 0.4) is 0 Å². The summed E-state index contributed by atoms with van der Waals surface area (Å²) in [4.78, 5) is 6.54. The highest BCUT2D eigenvalue weighted by atomic mass is 16.5. The average Bonchev–Trinajstić information content (AvgIpc) is 2.58. The van der Waals surface area contributed by atoms with Crippen molar-refractivity contribution in [3.63, 3.8) is 0 Å². The number of ether oxygens (including phenoxy) is 1. The van der Waals surface area contributed by atoms with Crippen LogP contribution in [0.4, 0.5) is 0 Å². The van der Waals surface area contributed by atoms with Crippen molar-refractivity contribution in [3.05, 3.63) is 0 Å². The second kappa shape index (κ2) is 5.35. The van der Waals surface area contributed by atoms with Gasteiger partial charge in [-0.2, -0.15) is 0 Å². The summed E-state index contributed by atoms with van der Waals surface area (Å²) in [6, 6.07) is 0. The number of likely N-dealkylation sites (N-methyl/N-ethyl adjacent to an activating group) is 1. The molecule has 0 saturated heterocycles. The number of nitrogens with zero attached hydrogens (tertiary/aromatic N) is 2. The zero-order valence-electron chi connectivity index (χ0n) is 10.3. The molecule has 0 aliphatic carbocycles. The maximum Gasteiger partial charge on any atom is 0.193 e. The Kier molecular flexibility index (Phi) is 4.39. The quantitative estimate of drug-likeness (QED) is 0.738. The molecule has 0 unspecified atom stereocenters. The van der Waals surface area contributed by atoms with Gasteiger partial charge in [0.15, 0.2) is 5.96 Å². The summed E-state index contributed by atoms with van der Waals surface area (Å²) < 4.78 is 5.45. The predicted octanol–water partition coefficient (Wildman–Crippen LogP) is 0.940. The number of guanidine groups is 1. The van der Waals surface area contributed by atoms with Crippen molar-refractivity contribution in [1.82, 2.24) is 10.2 Å². The van der Waals surface area contributed by atoms with E-state index in [1.165, 1.54) is 0 Å². The second-order valence-electron chi connectivity index (χ2n) is 4.78. The lowest BCUT2D eigenvalue weighted by molar-refractivity contribution is 0.0727. The molecule has 0 aromatic rings. The molecule has 1 aliphatic heterocycles. The average molecular weight is 213 g/mol. The van der Waals surface area contributed by atoms with Gasteiger partial charge in [-0.15, -0.1) is 0 Å². The van der Waals surface area contributed by atoms with Gasteiger partial charge in [0.1, 0.15) is 0 Å². The molecule has 1 aliphatic rings. The van der Waals surface area contributed by atoms with E-state index >= 15 is 0 Å². The number of rotatable bonds is 5. The minimum Gasteiger partial charge on any atom is -0.381 e. The number of aliphatic imine (C=N–C) groups is 1. The first-order valence-electron chi connectivity index (χ1n) is 5.62. The van der Waals surface area contributed by atoms with Crippen molar-refractivity contribution in [2.45, 2.75) is 20.8 Å². The van der Waals surface area contributed by atoms with Gasteiger partial charge < -0.3 is 15.0 Å². The molecule has 1 rings (SSSR count). The Morgan fingerprint density at radius 3 is 2.80 bits per heavy atom. The first-order valence-corrected chi connectivity index (χ1v) is 5.62. The van der Waals surface area contributed by atoms with Gasteiger partial charge in [0, 0.05) is 32.2 Å². The smallest absolute Gasteiger partial charge is 0.193 e. The molecule has 0 atom stereocenters. The SMILES string of the molecule is CCOCC(C)(C)CNC1=NCCN1C. The lowest BCUT2D eigenvalue weighted by Gasteiger charge is -2.26. The molecule has 88 valence electrons. The van der Waals surface area contributed by atoms with E-state index in [0.29, 0.717) is 0 Å². The minimum atomic E-state index is 0.155. The Bertz CT molecular complexity index is 226. The maximum absolute atomic E-state index is 5.45. The van der Waals surface area contributed by atoms with E-state index in [2.05, 4.69) is 36.1 Å². The fourth-order valence-electron chi connectivity index (χ4n) is 1.47. The van der Waals surface area contributed by atoms with Crippen LogP contribution < -0.4 is 5.32 Å². The Labute approximate surface area is 92.7 Å². The molecule has 15 heavy (non-hydrogen) atoms. The van der Waals surface area contributed by atoms with Crippen LogP contribution in [0.1, 0.15) is 20.8 Å². The molecule has 1 N–H and O–H groups in total. The third-order valence-electron chi connectivity index (χ3n) is 2.48. The lowest BCUT2D eigenvalue weighted by Crippen LogP contribution is -2.42. The van der Waals surface area contributed by atoms with Gasteiger partial charge in [-0.3, -0.25) is 4.99 Å². The number of hydrogen-bond acceptors (Lipinski definition) is 4. The fraction of sp³-hybridized carbons (Fsp3) is 0.909. The summed E-state index contributed by atoms with van der Waals surface area (Å²) in [6.45, 7) is 10.8. The summed E-state index contributed by atoms with van der Waals surface area (Å²) in [6.07, 6.45) is 0. The van der Waals surface area contributed by atoms with Gasteiger partial charge in [-0.1, -0.05) is 13.8 Å². The van der Waals surface area contributed by atoms with E-state index in [1.54, 1.807) is 0 Å². The Hall–Kier alpha value is -0.770. The van der Waals surface area contributed by atoms with Crippen LogP contribution in [-0.2, 0) is 4.74 Å². The molecule has 0 aromatic heterocycles. The summed E-state index contributed by atoms with van der Waals surface area (Å²) in [7, 11) is 2.06. The molecule has 0 spiro atoms. The highest BCUT2D eigenvalue weighted by Crippen LogP contribution is 2.14. The maximum atomic E-state index is 5.45. The van der Waals surface area contributed by atoms with E-state index in [-0.39, 0.29) is 5.41 Å². The first-order chi connectivity index (χ1) is 7.05. The van der Waals surface area contributed by atoms with Crippen molar-refractivity contribution in [3.8, 4) is 0 Å². The molecule has 0 amide bonds. The van der Waals surface area contributed by atoms with Crippen LogP contribution in [0.2, 0.25) is 0 Å². The van der Waals surface area contributed by atoms with Crippen LogP contribution in [-0.4, -0.2) is 50.8 Å². The van der Waals surface area contributed by atoms with Crippen molar-refractivity contribution in [2.24, 2.45) is 10.4 Å². The zero-order valence-corrected chi connectivity index (χ0v) is 10.3. The molecule has 4 nitrogen and oxygen atoms in total. The monoisotopic (exact) mass is 213 g/mol. The van der Waals surface area contributed by atoms with Gasteiger partial charge in [0.05, 0.1) is 13.2 Å². The van der Waals surface area contributed by atoms with Gasteiger partial charge in [0.25, 0.3) is 0 Å². The van der Waals surface area contributed by atoms with Crippen molar-refractivity contribution in [1.29, 1.82) is 0 Å². The predicted molar refractivity (Wildman–Crippen MR) is 63.2 cm³/mol. The molecular formula is C11H23N3O. The Balaban J connectivity index is 2.28. The highest BCUT2D eigenvalue weighted by molar-refractivity contribution is 5.81. The third kappa shape index (κ3) is 4.08. The molecule has 1 heterocycles. The van der Waals surface area contributed by atoms with E-state index in [1.807, 2.05) is 6.92 Å². The Morgan fingerprint density at radius 2 is 2.27 bits per heavy atom. The fourth-order valence-corrected chi connectivity index (χ4v) is 1.47. The van der Waals surface area contributed by atoms with Crippen LogP contribution in [0, 0.1) is 5.41 Å². The summed E-state index contributed by atoms with van der Waals surface area (Å²) in [5.41, 5.74) is 0.155. The zero-order chi connectivity index (χ0) is 11.3. The molecular weight excluding hydrogens is 190 g/mol. The molecule has 0 saturated carbocycles. The number of nitrogens with one attached hydrogen (secondary N) is 1. The van der Waals surface area contributed by atoms with Crippen molar-refractivity contribution >= 4 is 5.96 Å². The van der Waals surface area contributed by atoms with E-state index in [9.17, 15) is 0 Å². The topological polar surface area (TPSA) is 36.9 Å². The highest BCUT2D eigenvalue weighted by Gasteiger charge is 2.20. The van der Waals surface area contributed by atoms with E-state index in [0.717, 1.165) is 38.8 Å². The normalized spacial score (nSPS) is 16.8. The largest absolute Gasteiger partial charge is 0.381 e. The van der Waals surface area contributed by atoms with Crippen LogP contribution >= 0.6 is 0 Å². The minimum absolute atomic E-state index is 0.155. The first kappa shape index (κ1) is 12.3. The van der Waals surface area contributed by atoms with Gasteiger partial charge in [-0.25, -0.2) is 0 Å². The summed E-state index contributed by atoms with van der Waals surface area (Å²) in [5.74, 6) is 1.01. The molecule has 0 aromatic carbocycles. The standard InChI is InChI=1S/C11H23N3O/c1-5-15-9-11(2,3)8-13-10-12-6-7-14(10)4/h5-9H2,1-4H3,(H,12,13). The van der Waals surface area contributed by atoms with Crippen molar-refractivity contribution in [2.75, 3.05) is 39.9 Å². The van der Waals surface area contributed by atoms with Crippen LogP contribution in [0.15, 0.2) is 4.99 Å². The van der Waals surface area contributed by atoms with E-state index < -0.39 is 0 Å². The third-order valence-corrected chi connectivity index (χ3v) is 2.48. The van der Waals surface area contributed by atoms with Gasteiger partial charge in [-0.05, 0) is 6.92 Å². The summed E-state index contributed by atoms with van der Waals surface area (Å²) >= 11 is 0. The second-order valence-corrected chi connectivity index (χ2v) is 4.78. The van der Waals surface area contributed by atoms with Gasteiger partial charge in [0.2, 0.25) is 0 Å². The van der Waals surface area contributed by atoms with Gasteiger partial charge >= 0.3 is 0 Å². The lowest BCUT2D eigenvalue weighted by atomic mass is 9.95. The molecule has 0 radical (unpaired) electrons. The molecule has 4 heteroatoms.